The second-order valence-electron chi connectivity index (χ2n) is 3.04. The largest absolute Gasteiger partial charge is 0.460 e. The normalized spacial score (nSPS) is 10.1. The van der Waals surface area contributed by atoms with Crippen molar-refractivity contribution >= 4 is 16.9 Å². The molecule has 1 heterocycles. The fourth-order valence-corrected chi connectivity index (χ4v) is 1.94. The summed E-state index contributed by atoms with van der Waals surface area (Å²) >= 11 is 1.25. The molecule has 1 aromatic carbocycles. The summed E-state index contributed by atoms with van der Waals surface area (Å²) in [5, 5.41) is -0.0242. The topological polar surface area (TPSA) is 30.2 Å². The molecular formula is C12H10O2S. The molecule has 2 aromatic rings. The first-order valence-electron chi connectivity index (χ1n) is 4.61. The molecule has 0 aliphatic heterocycles. The maximum atomic E-state index is 11.5. The lowest BCUT2D eigenvalue weighted by Crippen LogP contribution is -1.91. The van der Waals surface area contributed by atoms with Crippen LogP contribution in [0.2, 0.25) is 0 Å². The van der Waals surface area contributed by atoms with Gasteiger partial charge in [-0.3, -0.25) is 4.79 Å². The van der Waals surface area contributed by atoms with Crippen LogP contribution in [0.3, 0.4) is 0 Å². The summed E-state index contributed by atoms with van der Waals surface area (Å²) in [4.78, 5) is 11.5. The van der Waals surface area contributed by atoms with Gasteiger partial charge in [0.05, 0.1) is 6.26 Å². The zero-order valence-electron chi connectivity index (χ0n) is 8.05. The van der Waals surface area contributed by atoms with E-state index in [1.54, 1.807) is 12.1 Å². The molecule has 76 valence electrons. The molecular weight excluding hydrogens is 208 g/mol. The van der Waals surface area contributed by atoms with Gasteiger partial charge in [-0.1, -0.05) is 42.1 Å². The average molecular weight is 218 g/mol. The van der Waals surface area contributed by atoms with Crippen molar-refractivity contribution in [3.63, 3.8) is 0 Å². The van der Waals surface area contributed by atoms with Crippen LogP contribution >= 0.6 is 11.8 Å². The molecule has 15 heavy (non-hydrogen) atoms. The molecule has 0 unspecified atom stereocenters. The van der Waals surface area contributed by atoms with Crippen molar-refractivity contribution in [2.75, 3.05) is 0 Å². The van der Waals surface area contributed by atoms with Crippen molar-refractivity contribution in [3.8, 4) is 0 Å². The zero-order valence-corrected chi connectivity index (χ0v) is 8.87. The summed E-state index contributed by atoms with van der Waals surface area (Å²) in [5.41, 5.74) is 1.14. The predicted molar refractivity (Wildman–Crippen MR) is 60.8 cm³/mol. The number of hydrogen-bond acceptors (Lipinski definition) is 3. The first-order chi connectivity index (χ1) is 7.36. The van der Waals surface area contributed by atoms with E-state index in [4.69, 9.17) is 4.42 Å². The van der Waals surface area contributed by atoms with E-state index in [1.165, 1.54) is 18.0 Å². The number of carbonyl (C=O) groups is 1. The quantitative estimate of drug-likeness (QED) is 0.791. The molecule has 0 atom stereocenters. The zero-order chi connectivity index (χ0) is 10.5. The van der Waals surface area contributed by atoms with Crippen LogP contribution in [0.4, 0.5) is 0 Å². The van der Waals surface area contributed by atoms with Crippen LogP contribution in [0.15, 0.2) is 53.1 Å². The van der Waals surface area contributed by atoms with Crippen LogP contribution in [0.1, 0.15) is 16.1 Å². The molecule has 0 saturated heterocycles. The molecule has 0 amide bonds. The van der Waals surface area contributed by atoms with Gasteiger partial charge in [0.2, 0.25) is 0 Å². The highest BCUT2D eigenvalue weighted by molar-refractivity contribution is 8.13. The van der Waals surface area contributed by atoms with E-state index in [0.29, 0.717) is 11.5 Å². The van der Waals surface area contributed by atoms with Gasteiger partial charge in [-0.05, 0) is 17.7 Å². The number of thioether (sulfide) groups is 1. The summed E-state index contributed by atoms with van der Waals surface area (Å²) in [7, 11) is 0. The van der Waals surface area contributed by atoms with Crippen molar-refractivity contribution in [3.05, 3.63) is 60.1 Å². The van der Waals surface area contributed by atoms with Crippen molar-refractivity contribution in [2.45, 2.75) is 5.75 Å². The van der Waals surface area contributed by atoms with Crippen LogP contribution in [-0.4, -0.2) is 5.12 Å². The molecule has 0 bridgehead atoms. The van der Waals surface area contributed by atoms with Gasteiger partial charge < -0.3 is 4.42 Å². The Morgan fingerprint density at radius 3 is 2.60 bits per heavy atom. The summed E-state index contributed by atoms with van der Waals surface area (Å²) in [6, 6.07) is 13.3. The van der Waals surface area contributed by atoms with Gasteiger partial charge in [0.15, 0.2) is 5.76 Å². The highest BCUT2D eigenvalue weighted by Crippen LogP contribution is 2.17. The summed E-state index contributed by atoms with van der Waals surface area (Å²) < 4.78 is 5.01. The molecule has 1 aromatic heterocycles. The van der Waals surface area contributed by atoms with Gasteiger partial charge in [-0.25, -0.2) is 0 Å². The fraction of sp³-hybridized carbons (Fsp3) is 0.0833. The number of rotatable bonds is 3. The van der Waals surface area contributed by atoms with E-state index in [2.05, 4.69) is 0 Å². The standard InChI is InChI=1S/C12H10O2S/c13-12(11-7-4-8-14-11)15-9-10-5-2-1-3-6-10/h1-8H,9H2. The average Bonchev–Trinajstić information content (AvgIpc) is 2.81. The van der Waals surface area contributed by atoms with Gasteiger partial charge in [0, 0.05) is 5.75 Å². The summed E-state index contributed by atoms with van der Waals surface area (Å²) in [5.74, 6) is 1.09. The van der Waals surface area contributed by atoms with Gasteiger partial charge >= 0.3 is 0 Å². The molecule has 0 N–H and O–H groups in total. The van der Waals surface area contributed by atoms with Crippen molar-refractivity contribution in [1.29, 1.82) is 0 Å². The molecule has 0 radical (unpaired) electrons. The Labute approximate surface area is 92.3 Å². The minimum Gasteiger partial charge on any atom is -0.460 e. The first-order valence-corrected chi connectivity index (χ1v) is 5.59. The smallest absolute Gasteiger partial charge is 0.254 e. The Hall–Kier alpha value is -1.48. The Morgan fingerprint density at radius 2 is 1.93 bits per heavy atom. The third-order valence-corrected chi connectivity index (χ3v) is 2.88. The van der Waals surface area contributed by atoms with E-state index in [-0.39, 0.29) is 5.12 Å². The molecule has 0 spiro atoms. The maximum Gasteiger partial charge on any atom is 0.254 e. The van der Waals surface area contributed by atoms with Crippen LogP contribution in [0.25, 0.3) is 0 Å². The molecule has 3 heteroatoms. The van der Waals surface area contributed by atoms with E-state index < -0.39 is 0 Å². The lowest BCUT2D eigenvalue weighted by atomic mass is 10.2. The van der Waals surface area contributed by atoms with E-state index in [1.807, 2.05) is 30.3 Å². The molecule has 2 nitrogen and oxygen atoms in total. The monoisotopic (exact) mass is 218 g/mol. The molecule has 2 rings (SSSR count). The van der Waals surface area contributed by atoms with Crippen molar-refractivity contribution in [1.82, 2.24) is 0 Å². The van der Waals surface area contributed by atoms with Crippen LogP contribution in [0.5, 0.6) is 0 Å². The lowest BCUT2D eigenvalue weighted by Gasteiger charge is -1.98. The Morgan fingerprint density at radius 1 is 1.13 bits per heavy atom. The Kier molecular flexibility index (Phi) is 3.25. The second kappa shape index (κ2) is 4.84. The minimum atomic E-state index is -0.0242. The lowest BCUT2D eigenvalue weighted by molar-refractivity contribution is 0.106. The fourth-order valence-electron chi connectivity index (χ4n) is 1.19. The molecule has 0 aliphatic carbocycles. The number of furan rings is 1. The third-order valence-electron chi connectivity index (χ3n) is 1.94. The van der Waals surface area contributed by atoms with E-state index >= 15 is 0 Å². The van der Waals surface area contributed by atoms with Gasteiger partial charge in [0.25, 0.3) is 5.12 Å². The maximum absolute atomic E-state index is 11.5. The van der Waals surface area contributed by atoms with Crippen molar-refractivity contribution < 1.29 is 9.21 Å². The molecule has 0 aliphatic rings. The van der Waals surface area contributed by atoms with Gasteiger partial charge in [-0.2, -0.15) is 0 Å². The summed E-state index contributed by atoms with van der Waals surface area (Å²) in [6.45, 7) is 0. The minimum absolute atomic E-state index is 0.0242. The number of carbonyl (C=O) groups excluding carboxylic acids is 1. The first kappa shape index (κ1) is 10.1. The van der Waals surface area contributed by atoms with Crippen LogP contribution < -0.4 is 0 Å². The van der Waals surface area contributed by atoms with Gasteiger partial charge in [0.1, 0.15) is 0 Å². The van der Waals surface area contributed by atoms with Gasteiger partial charge in [-0.15, -0.1) is 0 Å². The second-order valence-corrected chi connectivity index (χ2v) is 3.99. The van der Waals surface area contributed by atoms with E-state index in [0.717, 1.165) is 5.56 Å². The predicted octanol–water partition coefficient (Wildman–Crippen LogP) is 3.35. The highest BCUT2D eigenvalue weighted by atomic mass is 32.2. The highest BCUT2D eigenvalue weighted by Gasteiger charge is 2.08. The SMILES string of the molecule is O=C(SCc1ccccc1)c1ccco1. The van der Waals surface area contributed by atoms with Crippen LogP contribution in [0, 0.1) is 0 Å². The van der Waals surface area contributed by atoms with E-state index in [9.17, 15) is 4.79 Å². The van der Waals surface area contributed by atoms with Crippen LogP contribution in [-0.2, 0) is 5.75 Å². The molecule has 0 fully saturated rings. The molecule has 0 saturated carbocycles. The Balaban J connectivity index is 1.92. The summed E-state index contributed by atoms with van der Waals surface area (Å²) in [6.07, 6.45) is 1.51. The Bertz CT molecular complexity index is 420. The van der Waals surface area contributed by atoms with Crippen molar-refractivity contribution in [2.24, 2.45) is 0 Å². The third kappa shape index (κ3) is 2.73. The number of hydrogen-bond donors (Lipinski definition) is 0. The number of benzene rings is 1.